The number of thiazole rings is 1. The molecule has 1 atom stereocenters. The molecule has 2 aromatic heterocycles. The first-order valence-corrected chi connectivity index (χ1v) is 7.48. The predicted octanol–water partition coefficient (Wildman–Crippen LogP) is 3.60. The fraction of sp³-hybridized carbons (Fsp3) is 0.214. The largest absolute Gasteiger partial charge is 0.458 e. The summed E-state index contributed by atoms with van der Waals surface area (Å²) in [5.41, 5.74) is 4.50. The van der Waals surface area contributed by atoms with Gasteiger partial charge in [0, 0.05) is 22.9 Å². The summed E-state index contributed by atoms with van der Waals surface area (Å²) in [4.78, 5) is 4.45. The Balaban J connectivity index is 1.92. The summed E-state index contributed by atoms with van der Waals surface area (Å²) in [6, 6.07) is 7.52. The number of hydrazine groups is 1. The Labute approximate surface area is 125 Å². The first-order chi connectivity index (χ1) is 9.67. The normalized spacial score (nSPS) is 12.9. The van der Waals surface area contributed by atoms with E-state index in [9.17, 15) is 0 Å². The summed E-state index contributed by atoms with van der Waals surface area (Å²) in [7, 11) is 0. The molecule has 0 saturated carbocycles. The summed E-state index contributed by atoms with van der Waals surface area (Å²) in [5.74, 6) is 6.42. The molecular weight excluding hydrogens is 294 g/mol. The lowest BCUT2D eigenvalue weighted by atomic mass is 10.1. The minimum atomic E-state index is -0.121. The van der Waals surface area contributed by atoms with E-state index in [-0.39, 0.29) is 6.04 Å². The van der Waals surface area contributed by atoms with Gasteiger partial charge >= 0.3 is 0 Å². The quantitative estimate of drug-likeness (QED) is 0.571. The van der Waals surface area contributed by atoms with Crippen LogP contribution < -0.4 is 11.3 Å². The zero-order valence-electron chi connectivity index (χ0n) is 10.9. The van der Waals surface area contributed by atoms with Gasteiger partial charge in [0.1, 0.15) is 5.76 Å². The number of hydrogen-bond donors (Lipinski definition) is 2. The number of fused-ring (bicyclic) bond motifs is 1. The average molecular weight is 308 g/mol. The van der Waals surface area contributed by atoms with E-state index in [0.29, 0.717) is 17.0 Å². The molecule has 3 rings (SSSR count). The van der Waals surface area contributed by atoms with Gasteiger partial charge < -0.3 is 4.42 Å². The van der Waals surface area contributed by atoms with Crippen molar-refractivity contribution in [3.63, 3.8) is 0 Å². The zero-order valence-corrected chi connectivity index (χ0v) is 12.5. The van der Waals surface area contributed by atoms with Crippen LogP contribution in [0, 0.1) is 6.92 Å². The molecular formula is C14H14ClN3OS. The lowest BCUT2D eigenvalue weighted by Crippen LogP contribution is -2.29. The molecule has 3 N–H and O–H groups in total. The third-order valence-electron chi connectivity index (χ3n) is 3.11. The van der Waals surface area contributed by atoms with Crippen LogP contribution >= 0.6 is 22.9 Å². The highest BCUT2D eigenvalue weighted by molar-refractivity contribution is 7.09. The predicted molar refractivity (Wildman–Crippen MR) is 81.8 cm³/mol. The van der Waals surface area contributed by atoms with Crippen molar-refractivity contribution >= 4 is 33.9 Å². The van der Waals surface area contributed by atoms with Gasteiger partial charge in [0.15, 0.2) is 5.58 Å². The lowest BCUT2D eigenvalue weighted by molar-refractivity contribution is 0.434. The third-order valence-corrected chi connectivity index (χ3v) is 4.39. The summed E-state index contributed by atoms with van der Waals surface area (Å²) < 4.78 is 5.83. The number of nitrogens with one attached hydrogen (secondary N) is 1. The minimum absolute atomic E-state index is 0.121. The Kier molecular flexibility index (Phi) is 3.76. The number of hydrogen-bond acceptors (Lipinski definition) is 5. The smallest absolute Gasteiger partial charge is 0.152 e. The van der Waals surface area contributed by atoms with Gasteiger partial charge in [0.2, 0.25) is 0 Å². The average Bonchev–Trinajstić information content (AvgIpc) is 3.03. The monoisotopic (exact) mass is 307 g/mol. The van der Waals surface area contributed by atoms with Gasteiger partial charge in [-0.1, -0.05) is 23.7 Å². The van der Waals surface area contributed by atoms with E-state index < -0.39 is 0 Å². The van der Waals surface area contributed by atoms with Crippen molar-refractivity contribution in [3.8, 4) is 0 Å². The maximum absolute atomic E-state index is 6.13. The van der Waals surface area contributed by atoms with Crippen molar-refractivity contribution in [3.05, 3.63) is 51.1 Å². The number of furan rings is 1. The van der Waals surface area contributed by atoms with E-state index in [0.717, 1.165) is 21.8 Å². The second-order valence-corrected chi connectivity index (χ2v) is 5.96. The highest BCUT2D eigenvalue weighted by Crippen LogP contribution is 2.30. The van der Waals surface area contributed by atoms with Crippen LogP contribution in [0.4, 0.5) is 0 Å². The first kappa shape index (κ1) is 13.6. The van der Waals surface area contributed by atoms with Gasteiger partial charge in [0.25, 0.3) is 0 Å². The Bertz CT molecular complexity index is 737. The molecule has 0 aliphatic heterocycles. The molecule has 0 radical (unpaired) electrons. The molecule has 0 spiro atoms. The molecule has 2 heterocycles. The molecule has 1 unspecified atom stereocenters. The fourth-order valence-electron chi connectivity index (χ4n) is 2.13. The number of benzene rings is 1. The van der Waals surface area contributed by atoms with Gasteiger partial charge in [-0.2, -0.15) is 0 Å². The number of aromatic nitrogens is 1. The summed E-state index contributed by atoms with van der Waals surface area (Å²) in [5, 5.41) is 4.63. The van der Waals surface area contributed by atoms with Crippen LogP contribution in [-0.4, -0.2) is 4.98 Å². The minimum Gasteiger partial charge on any atom is -0.458 e. The Morgan fingerprint density at radius 2 is 2.35 bits per heavy atom. The number of halogens is 1. The highest BCUT2D eigenvalue weighted by atomic mass is 35.5. The van der Waals surface area contributed by atoms with Gasteiger partial charge in [-0.3, -0.25) is 5.84 Å². The Morgan fingerprint density at radius 1 is 1.50 bits per heavy atom. The SMILES string of the molecule is Cc1csc(CC(NN)c2cc3cccc(Cl)c3o2)n1. The number of aryl methyl sites for hydroxylation is 1. The molecule has 0 saturated heterocycles. The van der Waals surface area contributed by atoms with Gasteiger partial charge in [-0.25, -0.2) is 10.4 Å². The molecule has 3 aromatic rings. The second-order valence-electron chi connectivity index (χ2n) is 4.61. The third kappa shape index (κ3) is 2.58. The molecule has 0 aliphatic rings. The number of nitrogens with zero attached hydrogens (tertiary/aromatic N) is 1. The van der Waals surface area contributed by atoms with Crippen LogP contribution in [0.1, 0.15) is 22.5 Å². The van der Waals surface area contributed by atoms with Gasteiger partial charge in [-0.15, -0.1) is 11.3 Å². The van der Waals surface area contributed by atoms with Crippen molar-refractivity contribution < 1.29 is 4.42 Å². The van der Waals surface area contributed by atoms with Crippen LogP contribution in [0.3, 0.4) is 0 Å². The highest BCUT2D eigenvalue weighted by Gasteiger charge is 2.18. The second kappa shape index (κ2) is 5.54. The Morgan fingerprint density at radius 3 is 3.00 bits per heavy atom. The molecule has 0 amide bonds. The number of rotatable bonds is 4. The molecule has 6 heteroatoms. The van der Waals surface area contributed by atoms with E-state index in [2.05, 4.69) is 10.4 Å². The van der Waals surface area contributed by atoms with E-state index in [1.165, 1.54) is 0 Å². The number of nitrogens with two attached hydrogens (primary N) is 1. The van der Waals surface area contributed by atoms with Crippen LogP contribution in [0.25, 0.3) is 11.0 Å². The maximum Gasteiger partial charge on any atom is 0.152 e. The number of para-hydroxylation sites is 1. The van der Waals surface area contributed by atoms with Gasteiger partial charge in [0.05, 0.1) is 16.1 Å². The van der Waals surface area contributed by atoms with Crippen molar-refractivity contribution in [1.82, 2.24) is 10.4 Å². The zero-order chi connectivity index (χ0) is 14.1. The summed E-state index contributed by atoms with van der Waals surface area (Å²) in [6.07, 6.45) is 0.687. The van der Waals surface area contributed by atoms with Crippen LogP contribution in [0.5, 0.6) is 0 Å². The molecule has 0 bridgehead atoms. The van der Waals surface area contributed by atoms with E-state index in [4.69, 9.17) is 21.9 Å². The van der Waals surface area contributed by atoms with Crippen LogP contribution in [0.2, 0.25) is 5.02 Å². The lowest BCUT2D eigenvalue weighted by Gasteiger charge is -2.11. The van der Waals surface area contributed by atoms with E-state index >= 15 is 0 Å². The topological polar surface area (TPSA) is 64.1 Å². The molecule has 0 aliphatic carbocycles. The molecule has 1 aromatic carbocycles. The van der Waals surface area contributed by atoms with Crippen molar-refractivity contribution in [2.24, 2.45) is 5.84 Å². The van der Waals surface area contributed by atoms with Crippen LogP contribution in [0.15, 0.2) is 34.1 Å². The first-order valence-electron chi connectivity index (χ1n) is 6.22. The maximum atomic E-state index is 6.13. The van der Waals surface area contributed by atoms with Gasteiger partial charge in [-0.05, 0) is 19.1 Å². The van der Waals surface area contributed by atoms with Crippen LogP contribution in [-0.2, 0) is 6.42 Å². The standard InChI is InChI=1S/C14H14ClN3OS/c1-8-7-20-13(17-8)6-11(18-16)12-5-9-3-2-4-10(15)14(9)19-12/h2-5,7,11,18H,6,16H2,1H3. The van der Waals surface area contributed by atoms with E-state index in [1.807, 2.05) is 36.6 Å². The molecule has 20 heavy (non-hydrogen) atoms. The van der Waals surface area contributed by atoms with E-state index in [1.54, 1.807) is 11.3 Å². The molecule has 4 nitrogen and oxygen atoms in total. The van der Waals surface area contributed by atoms with Crippen molar-refractivity contribution in [1.29, 1.82) is 0 Å². The van der Waals surface area contributed by atoms with Crippen molar-refractivity contribution in [2.75, 3.05) is 0 Å². The fourth-order valence-corrected chi connectivity index (χ4v) is 3.17. The summed E-state index contributed by atoms with van der Waals surface area (Å²) >= 11 is 7.75. The summed E-state index contributed by atoms with van der Waals surface area (Å²) in [6.45, 7) is 1.98. The van der Waals surface area contributed by atoms with Crippen molar-refractivity contribution in [2.45, 2.75) is 19.4 Å². The molecule has 0 fully saturated rings. The Hall–Kier alpha value is -1.40. The molecule has 104 valence electrons.